The van der Waals surface area contributed by atoms with Crippen molar-refractivity contribution in [2.75, 3.05) is 24.5 Å². The van der Waals surface area contributed by atoms with Crippen LogP contribution >= 0.6 is 12.4 Å². The SMILES string of the molecule is C[C@@H]1CN(c2cccc3c2CN(S(=O)(=O)c2cccc(C(F)(F)F)c2)C3)CCN1.Cl. The molecule has 2 aromatic carbocycles. The third-order valence-electron chi connectivity index (χ3n) is 5.44. The van der Waals surface area contributed by atoms with Crippen LogP contribution in [0.2, 0.25) is 0 Å². The lowest BCUT2D eigenvalue weighted by Gasteiger charge is -2.34. The molecular formula is C20H23ClF3N3O2S. The smallest absolute Gasteiger partial charge is 0.368 e. The van der Waals surface area contributed by atoms with Gasteiger partial charge in [-0.05, 0) is 42.3 Å². The van der Waals surface area contributed by atoms with Crippen LogP contribution in [0, 0.1) is 0 Å². The number of hydrogen-bond donors (Lipinski definition) is 1. The van der Waals surface area contributed by atoms with Crippen LogP contribution in [0.5, 0.6) is 0 Å². The van der Waals surface area contributed by atoms with Gasteiger partial charge in [0.05, 0.1) is 10.5 Å². The van der Waals surface area contributed by atoms with Gasteiger partial charge in [-0.1, -0.05) is 18.2 Å². The van der Waals surface area contributed by atoms with Crippen molar-refractivity contribution >= 4 is 28.1 Å². The molecule has 164 valence electrons. The molecule has 1 atom stereocenters. The Balaban J connectivity index is 0.00000256. The lowest BCUT2D eigenvalue weighted by Crippen LogP contribution is -2.49. The molecule has 1 saturated heterocycles. The van der Waals surface area contributed by atoms with E-state index in [2.05, 4.69) is 17.1 Å². The topological polar surface area (TPSA) is 52.7 Å². The van der Waals surface area contributed by atoms with Gasteiger partial charge in [-0.2, -0.15) is 17.5 Å². The second kappa shape index (κ2) is 8.37. The van der Waals surface area contributed by atoms with Crippen LogP contribution in [0.3, 0.4) is 0 Å². The van der Waals surface area contributed by atoms with E-state index in [0.717, 1.165) is 48.6 Å². The molecule has 30 heavy (non-hydrogen) atoms. The normalized spacial score (nSPS) is 20.0. The molecule has 0 amide bonds. The molecule has 0 saturated carbocycles. The summed E-state index contributed by atoms with van der Waals surface area (Å²) in [4.78, 5) is 1.90. The highest BCUT2D eigenvalue weighted by atomic mass is 35.5. The molecule has 0 aromatic heterocycles. The number of sulfonamides is 1. The highest BCUT2D eigenvalue weighted by Crippen LogP contribution is 2.36. The number of benzene rings is 2. The summed E-state index contributed by atoms with van der Waals surface area (Å²) in [5.74, 6) is 0. The zero-order chi connectivity index (χ0) is 20.8. The highest BCUT2D eigenvalue weighted by Gasteiger charge is 2.36. The zero-order valence-electron chi connectivity index (χ0n) is 16.3. The molecule has 0 radical (unpaired) electrons. The quantitative estimate of drug-likeness (QED) is 0.758. The number of alkyl halides is 3. The molecule has 1 fully saturated rings. The van der Waals surface area contributed by atoms with Crippen molar-refractivity contribution in [2.24, 2.45) is 0 Å². The van der Waals surface area contributed by atoms with Crippen LogP contribution in [0.15, 0.2) is 47.4 Å². The van der Waals surface area contributed by atoms with Crippen molar-refractivity contribution < 1.29 is 21.6 Å². The lowest BCUT2D eigenvalue weighted by atomic mass is 10.1. The summed E-state index contributed by atoms with van der Waals surface area (Å²) in [6, 6.07) is 10.0. The Kier molecular flexibility index (Phi) is 6.38. The molecule has 0 aliphatic carbocycles. The molecule has 2 aliphatic rings. The first-order valence-corrected chi connectivity index (χ1v) is 10.9. The Labute approximate surface area is 180 Å². The van der Waals surface area contributed by atoms with Gasteiger partial charge in [-0.25, -0.2) is 8.42 Å². The Morgan fingerprint density at radius 2 is 1.83 bits per heavy atom. The third kappa shape index (κ3) is 4.30. The molecule has 5 nitrogen and oxygen atoms in total. The van der Waals surface area contributed by atoms with Gasteiger partial charge in [0.15, 0.2) is 0 Å². The summed E-state index contributed by atoms with van der Waals surface area (Å²) in [5.41, 5.74) is 1.85. The second-order valence-electron chi connectivity index (χ2n) is 7.51. The van der Waals surface area contributed by atoms with E-state index in [1.165, 1.54) is 10.4 Å². The second-order valence-corrected chi connectivity index (χ2v) is 9.45. The number of anilines is 1. The van der Waals surface area contributed by atoms with Crippen molar-refractivity contribution in [3.05, 3.63) is 59.2 Å². The number of hydrogen-bond acceptors (Lipinski definition) is 4. The predicted molar refractivity (Wildman–Crippen MR) is 111 cm³/mol. The fraction of sp³-hybridized carbons (Fsp3) is 0.400. The minimum atomic E-state index is -4.59. The van der Waals surface area contributed by atoms with Crippen molar-refractivity contribution in [3.8, 4) is 0 Å². The van der Waals surface area contributed by atoms with E-state index in [1.807, 2.05) is 18.2 Å². The standard InChI is InChI=1S/C20H22F3N3O2S.ClH/c1-14-11-25(9-8-24-14)19-7-2-4-15-12-26(13-18(15)19)29(27,28)17-6-3-5-16(10-17)20(21,22)23;/h2-7,10,14,24H,8-9,11-13H2,1H3;1H/t14-;/m1./s1. The third-order valence-corrected chi connectivity index (χ3v) is 7.23. The number of piperazine rings is 1. The van der Waals surface area contributed by atoms with Crippen molar-refractivity contribution in [1.29, 1.82) is 0 Å². The van der Waals surface area contributed by atoms with Crippen LogP contribution in [0.4, 0.5) is 18.9 Å². The monoisotopic (exact) mass is 461 g/mol. The Morgan fingerprint density at radius 1 is 1.10 bits per heavy atom. The van der Waals surface area contributed by atoms with E-state index < -0.39 is 21.8 Å². The van der Waals surface area contributed by atoms with Crippen LogP contribution in [0.1, 0.15) is 23.6 Å². The molecule has 4 rings (SSSR count). The van der Waals surface area contributed by atoms with Crippen molar-refractivity contribution in [3.63, 3.8) is 0 Å². The molecule has 2 heterocycles. The first-order chi connectivity index (χ1) is 13.7. The minimum Gasteiger partial charge on any atom is -0.368 e. The van der Waals surface area contributed by atoms with Gasteiger partial charge in [0.1, 0.15) is 0 Å². The van der Waals surface area contributed by atoms with Gasteiger partial charge in [0, 0.05) is 44.5 Å². The van der Waals surface area contributed by atoms with E-state index in [4.69, 9.17) is 0 Å². The Hall–Kier alpha value is -1.81. The summed E-state index contributed by atoms with van der Waals surface area (Å²) in [6.45, 7) is 4.89. The fourth-order valence-electron chi connectivity index (χ4n) is 3.97. The van der Waals surface area contributed by atoms with Crippen molar-refractivity contribution in [1.82, 2.24) is 9.62 Å². The average Bonchev–Trinajstić information content (AvgIpc) is 3.12. The van der Waals surface area contributed by atoms with Gasteiger partial charge >= 0.3 is 6.18 Å². The van der Waals surface area contributed by atoms with E-state index in [9.17, 15) is 21.6 Å². The molecule has 0 bridgehead atoms. The first-order valence-electron chi connectivity index (χ1n) is 9.43. The predicted octanol–water partition coefficient (Wildman–Crippen LogP) is 3.63. The fourth-order valence-corrected chi connectivity index (χ4v) is 5.41. The van der Waals surface area contributed by atoms with E-state index in [0.29, 0.717) is 12.1 Å². The molecule has 2 aliphatic heterocycles. The summed E-state index contributed by atoms with van der Waals surface area (Å²) < 4.78 is 66.4. The maximum Gasteiger partial charge on any atom is 0.416 e. The van der Waals surface area contributed by atoms with Gasteiger partial charge in [-0.3, -0.25) is 0 Å². The molecule has 1 N–H and O–H groups in total. The summed E-state index contributed by atoms with van der Waals surface area (Å²) in [6.07, 6.45) is -4.59. The summed E-state index contributed by atoms with van der Waals surface area (Å²) in [7, 11) is -4.04. The summed E-state index contributed by atoms with van der Waals surface area (Å²) in [5, 5.41) is 3.38. The van der Waals surface area contributed by atoms with E-state index >= 15 is 0 Å². The maximum absolute atomic E-state index is 13.1. The number of fused-ring (bicyclic) bond motifs is 1. The number of nitrogens with one attached hydrogen (secondary N) is 1. The van der Waals surface area contributed by atoms with Crippen LogP contribution in [-0.2, 0) is 29.3 Å². The Bertz CT molecular complexity index is 1030. The zero-order valence-corrected chi connectivity index (χ0v) is 17.9. The Morgan fingerprint density at radius 3 is 2.53 bits per heavy atom. The largest absolute Gasteiger partial charge is 0.416 e. The van der Waals surface area contributed by atoms with Crippen LogP contribution < -0.4 is 10.2 Å². The minimum absolute atomic E-state index is 0. The van der Waals surface area contributed by atoms with E-state index in [-0.39, 0.29) is 30.4 Å². The number of nitrogens with zero attached hydrogens (tertiary/aromatic N) is 2. The molecule has 2 aromatic rings. The summed E-state index contributed by atoms with van der Waals surface area (Å²) >= 11 is 0. The molecule has 10 heteroatoms. The number of rotatable bonds is 3. The van der Waals surface area contributed by atoms with E-state index in [1.54, 1.807) is 0 Å². The average molecular weight is 462 g/mol. The maximum atomic E-state index is 13.1. The van der Waals surface area contributed by atoms with Crippen LogP contribution in [0.25, 0.3) is 0 Å². The lowest BCUT2D eigenvalue weighted by molar-refractivity contribution is -0.137. The first kappa shape index (κ1) is 22.9. The van der Waals surface area contributed by atoms with Gasteiger partial charge < -0.3 is 10.2 Å². The van der Waals surface area contributed by atoms with Gasteiger partial charge in [0.2, 0.25) is 10.0 Å². The molecular weight excluding hydrogens is 439 g/mol. The van der Waals surface area contributed by atoms with Crippen LogP contribution in [-0.4, -0.2) is 38.4 Å². The van der Waals surface area contributed by atoms with Gasteiger partial charge in [-0.15, -0.1) is 12.4 Å². The highest BCUT2D eigenvalue weighted by molar-refractivity contribution is 7.89. The van der Waals surface area contributed by atoms with Gasteiger partial charge in [0.25, 0.3) is 0 Å². The molecule has 0 unspecified atom stereocenters. The molecule has 0 spiro atoms. The number of halogens is 4. The van der Waals surface area contributed by atoms with Crippen molar-refractivity contribution in [2.45, 2.75) is 37.1 Å².